The van der Waals surface area contributed by atoms with Gasteiger partial charge >= 0.3 is 0 Å². The van der Waals surface area contributed by atoms with Gasteiger partial charge in [-0.3, -0.25) is 5.10 Å². The highest BCUT2D eigenvalue weighted by Crippen LogP contribution is 2.31. The first kappa shape index (κ1) is 15.5. The third-order valence-corrected chi connectivity index (χ3v) is 6.29. The molecule has 1 fully saturated rings. The first-order valence-electron chi connectivity index (χ1n) is 7.00. The van der Waals surface area contributed by atoms with Gasteiger partial charge in [0.25, 0.3) is 0 Å². The lowest BCUT2D eigenvalue weighted by Crippen LogP contribution is -2.40. The van der Waals surface area contributed by atoms with Gasteiger partial charge in [0.05, 0.1) is 12.3 Å². The molecule has 1 aliphatic rings. The normalized spacial score (nSPS) is 24.2. The lowest BCUT2D eigenvalue weighted by molar-refractivity contribution is 0.238. The van der Waals surface area contributed by atoms with Crippen LogP contribution in [0.15, 0.2) is 4.90 Å². The maximum atomic E-state index is 12.8. The van der Waals surface area contributed by atoms with Crippen LogP contribution in [0, 0.1) is 12.8 Å². The minimum atomic E-state index is -3.61. The van der Waals surface area contributed by atoms with Crippen LogP contribution in [0.25, 0.3) is 0 Å². The molecule has 2 N–H and O–H groups in total. The molecule has 1 aliphatic carbocycles. The summed E-state index contributed by atoms with van der Waals surface area (Å²) in [4.78, 5) is 0.126. The Bertz CT molecular complexity index is 567. The second-order valence-corrected chi connectivity index (χ2v) is 7.66. The van der Waals surface area contributed by atoms with Crippen molar-refractivity contribution in [1.29, 1.82) is 0 Å². The van der Waals surface area contributed by atoms with E-state index in [1.165, 1.54) is 4.31 Å². The Kier molecular flexibility index (Phi) is 4.51. The molecular weight excluding hydrogens is 278 g/mol. The quantitative estimate of drug-likeness (QED) is 0.880. The van der Waals surface area contributed by atoms with Crippen LogP contribution >= 0.6 is 0 Å². The summed E-state index contributed by atoms with van der Waals surface area (Å²) >= 11 is 0. The third kappa shape index (κ3) is 2.75. The van der Waals surface area contributed by atoms with Gasteiger partial charge in [-0.1, -0.05) is 19.8 Å². The summed E-state index contributed by atoms with van der Waals surface area (Å²) in [6, 6.07) is 0.0320. The molecule has 7 heteroatoms. The molecule has 20 heavy (non-hydrogen) atoms. The van der Waals surface area contributed by atoms with Crippen molar-refractivity contribution in [2.45, 2.75) is 57.1 Å². The van der Waals surface area contributed by atoms with Crippen LogP contribution in [-0.2, 0) is 16.6 Å². The maximum absolute atomic E-state index is 12.8. The van der Waals surface area contributed by atoms with E-state index < -0.39 is 10.0 Å². The van der Waals surface area contributed by atoms with E-state index in [0.29, 0.717) is 11.6 Å². The van der Waals surface area contributed by atoms with Gasteiger partial charge in [-0.2, -0.15) is 9.40 Å². The van der Waals surface area contributed by atoms with Gasteiger partial charge in [-0.05, 0) is 25.7 Å². The highest BCUT2D eigenvalue weighted by atomic mass is 32.2. The SMILES string of the molecule is Cc1[nH]nc(CO)c1S(=O)(=O)N(C)C1CCCC(C)C1. The summed E-state index contributed by atoms with van der Waals surface area (Å²) in [5.74, 6) is 0.550. The molecule has 2 unspecified atom stereocenters. The van der Waals surface area contributed by atoms with E-state index in [0.717, 1.165) is 25.7 Å². The summed E-state index contributed by atoms with van der Waals surface area (Å²) < 4.78 is 27.0. The number of aryl methyl sites for hydroxylation is 1. The standard InChI is InChI=1S/C13H23N3O3S/c1-9-5-4-6-11(7-9)16(3)20(18,19)13-10(2)14-15-12(13)8-17/h9,11,17H,4-8H2,1-3H3,(H,14,15). The molecule has 1 aromatic heterocycles. The van der Waals surface area contributed by atoms with Gasteiger partial charge in [-0.25, -0.2) is 8.42 Å². The fourth-order valence-corrected chi connectivity index (χ4v) is 4.70. The average molecular weight is 301 g/mol. The lowest BCUT2D eigenvalue weighted by Gasteiger charge is -2.33. The van der Waals surface area contributed by atoms with Crippen molar-refractivity contribution in [3.05, 3.63) is 11.4 Å². The number of nitrogens with one attached hydrogen (secondary N) is 1. The molecule has 0 saturated heterocycles. The van der Waals surface area contributed by atoms with Crippen molar-refractivity contribution in [1.82, 2.24) is 14.5 Å². The van der Waals surface area contributed by atoms with E-state index in [-0.39, 0.29) is 23.2 Å². The lowest BCUT2D eigenvalue weighted by atomic mass is 9.87. The number of aliphatic hydroxyl groups is 1. The van der Waals surface area contributed by atoms with Crippen LogP contribution in [-0.4, -0.2) is 41.1 Å². The van der Waals surface area contributed by atoms with Crippen molar-refractivity contribution >= 4 is 10.0 Å². The van der Waals surface area contributed by atoms with Crippen molar-refractivity contribution in [3.63, 3.8) is 0 Å². The van der Waals surface area contributed by atoms with Crippen LogP contribution in [0.3, 0.4) is 0 Å². The van der Waals surface area contributed by atoms with E-state index in [4.69, 9.17) is 0 Å². The molecule has 114 valence electrons. The van der Waals surface area contributed by atoms with Gasteiger partial charge in [-0.15, -0.1) is 0 Å². The Labute approximate surface area is 120 Å². The number of hydrogen-bond donors (Lipinski definition) is 2. The van der Waals surface area contributed by atoms with Crippen LogP contribution in [0.1, 0.15) is 44.0 Å². The molecule has 0 amide bonds. The monoisotopic (exact) mass is 301 g/mol. The first-order valence-corrected chi connectivity index (χ1v) is 8.44. The molecular formula is C13H23N3O3S. The predicted molar refractivity (Wildman–Crippen MR) is 75.6 cm³/mol. The van der Waals surface area contributed by atoms with E-state index in [2.05, 4.69) is 17.1 Å². The molecule has 1 saturated carbocycles. The zero-order chi connectivity index (χ0) is 14.9. The van der Waals surface area contributed by atoms with Crippen LogP contribution in [0.4, 0.5) is 0 Å². The summed E-state index contributed by atoms with van der Waals surface area (Å²) in [6.45, 7) is 3.44. The smallest absolute Gasteiger partial charge is 0.246 e. The largest absolute Gasteiger partial charge is 0.390 e. The molecule has 0 aromatic carbocycles. The number of aromatic nitrogens is 2. The second kappa shape index (κ2) is 5.83. The molecule has 0 aliphatic heterocycles. The van der Waals surface area contributed by atoms with Crippen LogP contribution in [0.5, 0.6) is 0 Å². The van der Waals surface area contributed by atoms with Gasteiger partial charge in [0.2, 0.25) is 10.0 Å². The van der Waals surface area contributed by atoms with Gasteiger partial charge in [0.15, 0.2) is 0 Å². The van der Waals surface area contributed by atoms with E-state index >= 15 is 0 Å². The molecule has 6 nitrogen and oxygen atoms in total. The summed E-state index contributed by atoms with van der Waals surface area (Å²) in [7, 11) is -1.98. The molecule has 2 rings (SSSR count). The maximum Gasteiger partial charge on any atom is 0.246 e. The summed E-state index contributed by atoms with van der Waals surface area (Å²) in [5, 5.41) is 15.8. The average Bonchev–Trinajstić information content (AvgIpc) is 2.79. The van der Waals surface area contributed by atoms with Crippen molar-refractivity contribution in [2.24, 2.45) is 5.92 Å². The molecule has 1 aromatic rings. The van der Waals surface area contributed by atoms with Gasteiger partial charge < -0.3 is 5.11 Å². The number of nitrogens with zero attached hydrogens (tertiary/aromatic N) is 2. The minimum Gasteiger partial charge on any atom is -0.390 e. The zero-order valence-corrected chi connectivity index (χ0v) is 13.1. The predicted octanol–water partition coefficient (Wildman–Crippen LogP) is 1.41. The third-order valence-electron chi connectivity index (χ3n) is 4.17. The van der Waals surface area contributed by atoms with Crippen molar-refractivity contribution in [3.8, 4) is 0 Å². The molecule has 0 radical (unpaired) electrons. The molecule has 0 bridgehead atoms. The Morgan fingerprint density at radius 1 is 1.45 bits per heavy atom. The van der Waals surface area contributed by atoms with E-state index in [1.54, 1.807) is 14.0 Å². The van der Waals surface area contributed by atoms with Crippen LogP contribution < -0.4 is 0 Å². The Morgan fingerprint density at radius 2 is 2.15 bits per heavy atom. The van der Waals surface area contributed by atoms with E-state index in [9.17, 15) is 13.5 Å². The van der Waals surface area contributed by atoms with E-state index in [1.807, 2.05) is 0 Å². The number of sulfonamides is 1. The number of aliphatic hydroxyl groups excluding tert-OH is 1. The molecule has 2 atom stereocenters. The Morgan fingerprint density at radius 3 is 2.75 bits per heavy atom. The fourth-order valence-electron chi connectivity index (χ4n) is 2.99. The van der Waals surface area contributed by atoms with Gasteiger partial charge in [0, 0.05) is 13.1 Å². The topological polar surface area (TPSA) is 86.3 Å². The van der Waals surface area contributed by atoms with Crippen molar-refractivity contribution < 1.29 is 13.5 Å². The minimum absolute atomic E-state index is 0.0320. The zero-order valence-electron chi connectivity index (χ0n) is 12.3. The Hall–Kier alpha value is -0.920. The number of aromatic amines is 1. The highest BCUT2D eigenvalue weighted by molar-refractivity contribution is 7.89. The van der Waals surface area contributed by atoms with Gasteiger partial charge in [0.1, 0.15) is 10.6 Å². The summed E-state index contributed by atoms with van der Waals surface area (Å²) in [5.41, 5.74) is 0.669. The highest BCUT2D eigenvalue weighted by Gasteiger charge is 2.34. The van der Waals surface area contributed by atoms with Crippen molar-refractivity contribution in [2.75, 3.05) is 7.05 Å². The number of hydrogen-bond acceptors (Lipinski definition) is 4. The summed E-state index contributed by atoms with van der Waals surface area (Å²) in [6.07, 6.45) is 4.01. The molecule has 1 heterocycles. The Balaban J connectivity index is 2.31. The first-order chi connectivity index (χ1) is 9.37. The van der Waals surface area contributed by atoms with Crippen LogP contribution in [0.2, 0.25) is 0 Å². The fraction of sp³-hybridized carbons (Fsp3) is 0.769. The number of H-pyrrole nitrogens is 1. The number of rotatable bonds is 4. The second-order valence-electron chi connectivity index (χ2n) is 5.73. The molecule has 0 spiro atoms.